The fourth-order valence-corrected chi connectivity index (χ4v) is 4.92. The van der Waals surface area contributed by atoms with E-state index in [-0.39, 0.29) is 29.1 Å². The molecule has 25 heavy (non-hydrogen) atoms. The average Bonchev–Trinajstić information content (AvgIpc) is 3.29. The highest BCUT2D eigenvalue weighted by Gasteiger charge is 2.48. The van der Waals surface area contributed by atoms with Gasteiger partial charge in [-0.3, -0.25) is 9.59 Å². The van der Waals surface area contributed by atoms with Gasteiger partial charge in [0, 0.05) is 32.2 Å². The second-order valence-corrected chi connectivity index (χ2v) is 7.62. The van der Waals surface area contributed by atoms with E-state index >= 15 is 0 Å². The van der Waals surface area contributed by atoms with E-state index < -0.39 is 0 Å². The first-order valence-electron chi connectivity index (χ1n) is 9.32. The predicted molar refractivity (Wildman–Crippen MR) is 94.3 cm³/mol. The van der Waals surface area contributed by atoms with Crippen LogP contribution in [0.25, 0.3) is 0 Å². The Hall–Kier alpha value is -1.88. The Morgan fingerprint density at radius 2 is 2.00 bits per heavy atom. The van der Waals surface area contributed by atoms with Crippen LogP contribution in [0.2, 0.25) is 0 Å². The number of piperidine rings is 1. The molecule has 0 saturated carbocycles. The number of carbonyl (C=O) groups is 2. The summed E-state index contributed by atoms with van der Waals surface area (Å²) in [5.41, 5.74) is 2.53. The standard InChI is InChI=1S/C20H26N2O3/c1-21-18(23)16-12-20(17-5-3-2-4-15(16)17)7-9-22(10-8-20)19(24)14-6-11-25-13-14/h2-5,14,16H,6-13H2,1H3,(H,21,23)/t14-,16-/m1/s1. The van der Waals surface area contributed by atoms with Crippen molar-refractivity contribution in [3.05, 3.63) is 35.4 Å². The van der Waals surface area contributed by atoms with Crippen LogP contribution in [0.1, 0.15) is 42.7 Å². The molecule has 1 aromatic carbocycles. The van der Waals surface area contributed by atoms with E-state index in [4.69, 9.17) is 4.74 Å². The Morgan fingerprint density at radius 3 is 2.68 bits per heavy atom. The molecule has 2 heterocycles. The SMILES string of the molecule is CNC(=O)[C@@H]1CC2(CCN(C(=O)[C@@H]3CCOC3)CC2)c2ccccc21. The Labute approximate surface area is 148 Å². The Balaban J connectivity index is 1.52. The molecule has 2 atom stereocenters. The summed E-state index contributed by atoms with van der Waals surface area (Å²) in [5.74, 6) is 0.336. The molecule has 5 nitrogen and oxygen atoms in total. The first-order chi connectivity index (χ1) is 12.1. The maximum Gasteiger partial charge on any atom is 0.228 e. The van der Waals surface area contributed by atoms with E-state index in [1.165, 1.54) is 11.1 Å². The van der Waals surface area contributed by atoms with Crippen LogP contribution in [0.5, 0.6) is 0 Å². The minimum absolute atomic E-state index is 0.0384. The van der Waals surface area contributed by atoms with Crippen LogP contribution in [0.4, 0.5) is 0 Å². The highest BCUT2D eigenvalue weighted by atomic mass is 16.5. The van der Waals surface area contributed by atoms with Gasteiger partial charge < -0.3 is 15.0 Å². The van der Waals surface area contributed by atoms with E-state index in [9.17, 15) is 9.59 Å². The van der Waals surface area contributed by atoms with Crippen LogP contribution in [-0.4, -0.2) is 50.1 Å². The third kappa shape index (κ3) is 2.74. The van der Waals surface area contributed by atoms with Crippen LogP contribution >= 0.6 is 0 Å². The number of benzene rings is 1. The molecule has 1 spiro atoms. The summed E-state index contributed by atoms with van der Waals surface area (Å²) in [6.45, 7) is 2.84. The molecule has 1 N–H and O–H groups in total. The first kappa shape index (κ1) is 16.6. The third-order valence-corrected chi connectivity index (χ3v) is 6.38. The topological polar surface area (TPSA) is 58.6 Å². The minimum Gasteiger partial charge on any atom is -0.381 e. The monoisotopic (exact) mass is 342 g/mol. The molecule has 0 aromatic heterocycles. The zero-order valence-electron chi connectivity index (χ0n) is 14.8. The number of likely N-dealkylation sites (tertiary alicyclic amines) is 1. The van der Waals surface area contributed by atoms with Crippen LogP contribution in [0.15, 0.2) is 24.3 Å². The minimum atomic E-state index is -0.0633. The van der Waals surface area contributed by atoms with Crippen molar-refractivity contribution in [3.63, 3.8) is 0 Å². The Bertz CT molecular complexity index is 673. The first-order valence-corrected chi connectivity index (χ1v) is 9.32. The lowest BCUT2D eigenvalue weighted by molar-refractivity contribution is -0.137. The fraction of sp³-hybridized carbons (Fsp3) is 0.600. The van der Waals surface area contributed by atoms with Gasteiger partial charge in [0.15, 0.2) is 0 Å². The average molecular weight is 342 g/mol. The molecule has 134 valence electrons. The highest BCUT2D eigenvalue weighted by molar-refractivity contribution is 5.85. The summed E-state index contributed by atoms with van der Waals surface area (Å²) in [4.78, 5) is 27.0. The fourth-order valence-electron chi connectivity index (χ4n) is 4.92. The van der Waals surface area contributed by atoms with Gasteiger partial charge in [-0.25, -0.2) is 0 Å². The predicted octanol–water partition coefficient (Wildman–Crippen LogP) is 1.82. The molecule has 2 fully saturated rings. The van der Waals surface area contributed by atoms with Crippen molar-refractivity contribution in [3.8, 4) is 0 Å². The zero-order valence-corrected chi connectivity index (χ0v) is 14.8. The molecule has 1 aliphatic carbocycles. The van der Waals surface area contributed by atoms with Gasteiger partial charge >= 0.3 is 0 Å². The second-order valence-electron chi connectivity index (χ2n) is 7.62. The molecule has 3 aliphatic rings. The number of nitrogens with one attached hydrogen (secondary N) is 1. The molecule has 0 radical (unpaired) electrons. The molecule has 0 unspecified atom stereocenters. The maximum absolute atomic E-state index is 12.6. The highest BCUT2D eigenvalue weighted by Crippen LogP contribution is 2.51. The molecule has 2 saturated heterocycles. The number of hydrogen-bond acceptors (Lipinski definition) is 3. The van der Waals surface area contributed by atoms with Crippen molar-refractivity contribution >= 4 is 11.8 Å². The number of amides is 2. The van der Waals surface area contributed by atoms with Crippen molar-refractivity contribution in [2.24, 2.45) is 5.92 Å². The summed E-state index contributed by atoms with van der Waals surface area (Å²) in [5, 5.41) is 2.82. The van der Waals surface area contributed by atoms with Gasteiger partial charge in [-0.1, -0.05) is 24.3 Å². The number of fused-ring (bicyclic) bond motifs is 2. The van der Waals surface area contributed by atoms with E-state index in [1.54, 1.807) is 7.05 Å². The van der Waals surface area contributed by atoms with Crippen LogP contribution < -0.4 is 5.32 Å². The number of rotatable bonds is 2. The molecule has 1 aromatic rings. The summed E-state index contributed by atoms with van der Waals surface area (Å²) in [6.07, 6.45) is 3.59. The Kier molecular flexibility index (Phi) is 4.28. The number of hydrogen-bond donors (Lipinski definition) is 1. The van der Waals surface area contributed by atoms with Gasteiger partial charge in [-0.05, 0) is 36.8 Å². The smallest absolute Gasteiger partial charge is 0.228 e. The molecule has 4 rings (SSSR count). The maximum atomic E-state index is 12.6. The normalized spacial score (nSPS) is 27.3. The molecule has 2 aliphatic heterocycles. The molecular weight excluding hydrogens is 316 g/mol. The van der Waals surface area contributed by atoms with E-state index in [2.05, 4.69) is 23.5 Å². The summed E-state index contributed by atoms with van der Waals surface area (Å²) in [6, 6.07) is 8.37. The zero-order chi connectivity index (χ0) is 17.4. The van der Waals surface area contributed by atoms with Gasteiger partial charge in [0.1, 0.15) is 0 Å². The number of ether oxygens (including phenoxy) is 1. The lowest BCUT2D eigenvalue weighted by Crippen LogP contribution is -2.46. The Morgan fingerprint density at radius 1 is 1.24 bits per heavy atom. The lowest BCUT2D eigenvalue weighted by atomic mass is 9.73. The lowest BCUT2D eigenvalue weighted by Gasteiger charge is -2.41. The summed E-state index contributed by atoms with van der Waals surface area (Å²) < 4.78 is 5.37. The molecular formula is C20H26N2O3. The number of carbonyl (C=O) groups excluding carboxylic acids is 2. The van der Waals surface area contributed by atoms with Gasteiger partial charge in [-0.15, -0.1) is 0 Å². The molecule has 5 heteroatoms. The largest absolute Gasteiger partial charge is 0.381 e. The number of nitrogens with zero attached hydrogens (tertiary/aromatic N) is 1. The van der Waals surface area contributed by atoms with Crippen molar-refractivity contribution in [2.75, 3.05) is 33.4 Å². The van der Waals surface area contributed by atoms with Gasteiger partial charge in [0.2, 0.25) is 11.8 Å². The number of likely N-dealkylation sites (N-methyl/N-ethyl adjacent to an activating group) is 1. The van der Waals surface area contributed by atoms with Crippen molar-refractivity contribution in [1.29, 1.82) is 0 Å². The van der Waals surface area contributed by atoms with Crippen molar-refractivity contribution in [2.45, 2.75) is 37.0 Å². The van der Waals surface area contributed by atoms with E-state index in [1.807, 2.05) is 11.0 Å². The molecule has 0 bridgehead atoms. The summed E-state index contributed by atoms with van der Waals surface area (Å²) in [7, 11) is 1.71. The molecule has 2 amide bonds. The van der Waals surface area contributed by atoms with E-state index in [0.717, 1.165) is 38.8 Å². The van der Waals surface area contributed by atoms with Gasteiger partial charge in [0.05, 0.1) is 18.4 Å². The van der Waals surface area contributed by atoms with Crippen LogP contribution in [0.3, 0.4) is 0 Å². The second kappa shape index (κ2) is 6.45. The van der Waals surface area contributed by atoms with E-state index in [0.29, 0.717) is 13.2 Å². The third-order valence-electron chi connectivity index (χ3n) is 6.38. The van der Waals surface area contributed by atoms with Crippen LogP contribution in [0, 0.1) is 5.92 Å². The van der Waals surface area contributed by atoms with Crippen molar-refractivity contribution in [1.82, 2.24) is 10.2 Å². The quantitative estimate of drug-likeness (QED) is 0.892. The van der Waals surface area contributed by atoms with Gasteiger partial charge in [-0.2, -0.15) is 0 Å². The van der Waals surface area contributed by atoms with Crippen LogP contribution in [-0.2, 0) is 19.7 Å². The summed E-state index contributed by atoms with van der Waals surface area (Å²) >= 11 is 0. The van der Waals surface area contributed by atoms with Gasteiger partial charge in [0.25, 0.3) is 0 Å². The van der Waals surface area contributed by atoms with Crippen molar-refractivity contribution < 1.29 is 14.3 Å².